The molecule has 1 aliphatic heterocycles. The van der Waals surface area contributed by atoms with E-state index in [1.54, 1.807) is 0 Å². The second-order valence-corrected chi connectivity index (χ2v) is 5.89. The molecule has 0 unspecified atom stereocenters. The number of nitrogen functional groups attached to an aromatic ring is 1. The lowest BCUT2D eigenvalue weighted by Crippen LogP contribution is -2.35. The van der Waals surface area contributed by atoms with Crippen LogP contribution in [-0.4, -0.2) is 26.3 Å². The van der Waals surface area contributed by atoms with Crippen LogP contribution in [-0.2, 0) is 0 Å². The van der Waals surface area contributed by atoms with Gasteiger partial charge in [-0.1, -0.05) is 36.4 Å². The van der Waals surface area contributed by atoms with E-state index in [1.165, 1.54) is 5.39 Å². The zero-order valence-electron chi connectivity index (χ0n) is 13.4. The molecule has 0 spiro atoms. The van der Waals surface area contributed by atoms with Crippen LogP contribution in [0.15, 0.2) is 60.7 Å². The number of nitrogens with two attached hydrogens (primary N) is 1. The molecule has 0 amide bonds. The Morgan fingerprint density at radius 3 is 2.88 bits per heavy atom. The fourth-order valence-corrected chi connectivity index (χ4v) is 3.11. The molecule has 0 atom stereocenters. The van der Waals surface area contributed by atoms with Crippen molar-refractivity contribution in [2.75, 3.05) is 36.9 Å². The first kappa shape index (κ1) is 14.7. The zero-order valence-corrected chi connectivity index (χ0v) is 13.4. The van der Waals surface area contributed by atoms with Crippen LogP contribution in [0.5, 0.6) is 11.5 Å². The second-order valence-electron chi connectivity index (χ2n) is 5.89. The van der Waals surface area contributed by atoms with E-state index >= 15 is 0 Å². The van der Waals surface area contributed by atoms with Crippen molar-refractivity contribution < 1.29 is 9.47 Å². The SMILES string of the molecule is Nc1ccc2c(c1)OCCN2CCOc1cccc2ccccc12. The smallest absolute Gasteiger partial charge is 0.144 e. The molecule has 0 aromatic heterocycles. The van der Waals surface area contributed by atoms with Crippen molar-refractivity contribution in [3.8, 4) is 11.5 Å². The fraction of sp³-hybridized carbons (Fsp3) is 0.200. The summed E-state index contributed by atoms with van der Waals surface area (Å²) in [6.07, 6.45) is 0. The van der Waals surface area contributed by atoms with Gasteiger partial charge in [-0.2, -0.15) is 0 Å². The van der Waals surface area contributed by atoms with Gasteiger partial charge in [-0.3, -0.25) is 0 Å². The first-order chi connectivity index (χ1) is 11.8. The van der Waals surface area contributed by atoms with Crippen molar-refractivity contribution in [1.29, 1.82) is 0 Å². The Hall–Kier alpha value is -2.88. The van der Waals surface area contributed by atoms with Gasteiger partial charge in [0.15, 0.2) is 0 Å². The Morgan fingerprint density at radius 1 is 1.04 bits per heavy atom. The molecule has 0 saturated carbocycles. The first-order valence-corrected chi connectivity index (χ1v) is 8.19. The molecule has 0 saturated heterocycles. The van der Waals surface area contributed by atoms with Crippen LogP contribution in [0.1, 0.15) is 0 Å². The van der Waals surface area contributed by atoms with Crippen molar-refractivity contribution >= 4 is 22.1 Å². The maximum atomic E-state index is 6.05. The number of rotatable bonds is 4. The van der Waals surface area contributed by atoms with Crippen molar-refractivity contribution in [1.82, 2.24) is 0 Å². The highest BCUT2D eigenvalue weighted by Gasteiger charge is 2.18. The third kappa shape index (κ3) is 2.83. The van der Waals surface area contributed by atoms with Gasteiger partial charge in [0.05, 0.1) is 18.8 Å². The van der Waals surface area contributed by atoms with E-state index < -0.39 is 0 Å². The quantitative estimate of drug-likeness (QED) is 0.745. The van der Waals surface area contributed by atoms with Gasteiger partial charge in [-0.15, -0.1) is 0 Å². The molecular formula is C20H20N2O2. The van der Waals surface area contributed by atoms with E-state index in [4.69, 9.17) is 15.2 Å². The van der Waals surface area contributed by atoms with Crippen LogP contribution in [0.2, 0.25) is 0 Å². The van der Waals surface area contributed by atoms with Crippen LogP contribution in [0.4, 0.5) is 11.4 Å². The molecular weight excluding hydrogens is 300 g/mol. The molecule has 0 fully saturated rings. The molecule has 2 N–H and O–H groups in total. The number of benzene rings is 3. The van der Waals surface area contributed by atoms with Crippen LogP contribution in [0, 0.1) is 0 Å². The van der Waals surface area contributed by atoms with E-state index in [1.807, 2.05) is 42.5 Å². The predicted molar refractivity (Wildman–Crippen MR) is 98.0 cm³/mol. The lowest BCUT2D eigenvalue weighted by molar-refractivity contribution is 0.290. The van der Waals surface area contributed by atoms with Crippen LogP contribution in [0.3, 0.4) is 0 Å². The van der Waals surface area contributed by atoms with Crippen LogP contribution in [0.25, 0.3) is 10.8 Å². The Bertz CT molecular complexity index is 858. The minimum atomic E-state index is 0.623. The molecule has 1 heterocycles. The molecule has 3 aromatic carbocycles. The van der Waals surface area contributed by atoms with Gasteiger partial charge in [0.2, 0.25) is 0 Å². The molecule has 0 radical (unpaired) electrons. The van der Waals surface area contributed by atoms with Gasteiger partial charge in [0.1, 0.15) is 24.7 Å². The van der Waals surface area contributed by atoms with E-state index in [-0.39, 0.29) is 0 Å². The number of hydrogen-bond acceptors (Lipinski definition) is 4. The molecule has 1 aliphatic rings. The first-order valence-electron chi connectivity index (χ1n) is 8.19. The van der Waals surface area contributed by atoms with Crippen LogP contribution >= 0.6 is 0 Å². The predicted octanol–water partition coefficient (Wildman–Crippen LogP) is 3.70. The summed E-state index contributed by atoms with van der Waals surface area (Å²) in [5.74, 6) is 1.78. The average molecular weight is 320 g/mol. The summed E-state index contributed by atoms with van der Waals surface area (Å²) in [6.45, 7) is 2.96. The Kier molecular flexibility index (Phi) is 3.87. The topological polar surface area (TPSA) is 47.7 Å². The summed E-state index contributed by atoms with van der Waals surface area (Å²) in [4.78, 5) is 2.28. The van der Waals surface area contributed by atoms with Crippen molar-refractivity contribution in [3.63, 3.8) is 0 Å². The highest BCUT2D eigenvalue weighted by atomic mass is 16.5. The van der Waals surface area contributed by atoms with Gasteiger partial charge in [0, 0.05) is 17.1 Å². The summed E-state index contributed by atoms with van der Waals surface area (Å²) in [5, 5.41) is 2.34. The molecule has 4 nitrogen and oxygen atoms in total. The number of hydrogen-bond donors (Lipinski definition) is 1. The van der Waals surface area contributed by atoms with Gasteiger partial charge in [0.25, 0.3) is 0 Å². The third-order valence-corrected chi connectivity index (χ3v) is 4.31. The molecule has 0 bridgehead atoms. The Morgan fingerprint density at radius 2 is 1.92 bits per heavy atom. The van der Waals surface area contributed by atoms with Crippen molar-refractivity contribution in [2.24, 2.45) is 0 Å². The van der Waals surface area contributed by atoms with E-state index in [2.05, 4.69) is 23.1 Å². The largest absolute Gasteiger partial charge is 0.491 e. The maximum absolute atomic E-state index is 6.05. The highest BCUT2D eigenvalue weighted by molar-refractivity contribution is 5.88. The van der Waals surface area contributed by atoms with Crippen molar-refractivity contribution in [3.05, 3.63) is 60.7 Å². The third-order valence-electron chi connectivity index (χ3n) is 4.31. The van der Waals surface area contributed by atoms with Gasteiger partial charge >= 0.3 is 0 Å². The average Bonchev–Trinajstić information content (AvgIpc) is 2.62. The minimum Gasteiger partial charge on any atom is -0.491 e. The Labute approximate surface area is 141 Å². The monoisotopic (exact) mass is 320 g/mol. The molecule has 4 heteroatoms. The molecule has 3 aromatic rings. The Balaban J connectivity index is 1.47. The number of anilines is 2. The van der Waals surface area contributed by atoms with E-state index in [0.29, 0.717) is 13.2 Å². The fourth-order valence-electron chi connectivity index (χ4n) is 3.11. The number of nitrogens with zero attached hydrogens (tertiary/aromatic N) is 1. The number of fused-ring (bicyclic) bond motifs is 2. The molecule has 4 rings (SSSR count). The zero-order chi connectivity index (χ0) is 16.4. The maximum Gasteiger partial charge on any atom is 0.144 e. The normalized spacial score (nSPS) is 13.4. The lowest BCUT2D eigenvalue weighted by Gasteiger charge is -2.31. The van der Waals surface area contributed by atoms with Gasteiger partial charge < -0.3 is 20.1 Å². The summed E-state index contributed by atoms with van der Waals surface area (Å²) in [7, 11) is 0. The minimum absolute atomic E-state index is 0.623. The van der Waals surface area contributed by atoms with Crippen LogP contribution < -0.4 is 20.1 Å². The lowest BCUT2D eigenvalue weighted by atomic mass is 10.1. The standard InChI is InChI=1S/C20H20N2O2/c21-16-8-9-18-20(14-16)24-13-11-22(18)10-12-23-19-7-3-5-15-4-1-2-6-17(15)19/h1-9,14H,10-13,21H2. The molecule has 122 valence electrons. The summed E-state index contributed by atoms with van der Waals surface area (Å²) in [5.41, 5.74) is 7.64. The summed E-state index contributed by atoms with van der Waals surface area (Å²) < 4.78 is 11.7. The molecule has 24 heavy (non-hydrogen) atoms. The van der Waals surface area contributed by atoms with E-state index in [0.717, 1.165) is 41.3 Å². The molecule has 0 aliphatic carbocycles. The van der Waals surface area contributed by atoms with E-state index in [9.17, 15) is 0 Å². The summed E-state index contributed by atoms with van der Waals surface area (Å²) >= 11 is 0. The summed E-state index contributed by atoms with van der Waals surface area (Å²) in [6, 6.07) is 20.2. The second kappa shape index (κ2) is 6.32. The highest BCUT2D eigenvalue weighted by Crippen LogP contribution is 2.33. The number of ether oxygens (including phenoxy) is 2. The van der Waals surface area contributed by atoms with Gasteiger partial charge in [-0.25, -0.2) is 0 Å². The van der Waals surface area contributed by atoms with Gasteiger partial charge in [-0.05, 0) is 23.6 Å². The van der Waals surface area contributed by atoms with Crippen molar-refractivity contribution in [2.45, 2.75) is 0 Å².